The molecule has 17 heavy (non-hydrogen) atoms. The van der Waals surface area contributed by atoms with Crippen molar-refractivity contribution in [2.45, 2.75) is 13.0 Å². The second kappa shape index (κ2) is 4.54. The van der Waals surface area contributed by atoms with Crippen LogP contribution in [0.3, 0.4) is 0 Å². The zero-order valence-corrected chi connectivity index (χ0v) is 10.1. The van der Waals surface area contributed by atoms with Crippen molar-refractivity contribution in [3.63, 3.8) is 0 Å². The number of nitrogens with one attached hydrogen (secondary N) is 2. The lowest BCUT2D eigenvalue weighted by atomic mass is 10.3. The Bertz CT molecular complexity index is 508. The normalized spacial score (nSPS) is 12.7. The van der Waals surface area contributed by atoms with Gasteiger partial charge in [-0.3, -0.25) is 0 Å². The number of likely N-dealkylation sites (N-methyl/N-ethyl adjacent to an activating group) is 1. The quantitative estimate of drug-likeness (QED) is 0.703. The summed E-state index contributed by atoms with van der Waals surface area (Å²) in [4.78, 5) is 17.6. The average molecular weight is 236 g/mol. The summed E-state index contributed by atoms with van der Waals surface area (Å²) in [5.74, 6) is 1.23. The van der Waals surface area contributed by atoms with E-state index in [1.54, 1.807) is 20.3 Å². The Kier molecular flexibility index (Phi) is 3.10. The second-order valence-electron chi connectivity index (χ2n) is 3.95. The molecule has 7 nitrogen and oxygen atoms in total. The highest BCUT2D eigenvalue weighted by molar-refractivity contribution is 5.84. The third-order valence-electron chi connectivity index (χ3n) is 2.39. The monoisotopic (exact) mass is 236 g/mol. The summed E-state index contributed by atoms with van der Waals surface area (Å²) in [6.07, 6.45) is 1.16. The summed E-state index contributed by atoms with van der Waals surface area (Å²) in [5.41, 5.74) is 1.38. The SMILES string of the molecule is CNc1nc(N(C)CC(C)O)c2[nH]cnc2n1. The minimum Gasteiger partial charge on any atom is -0.392 e. The van der Waals surface area contributed by atoms with Crippen molar-refractivity contribution in [2.24, 2.45) is 0 Å². The first-order valence-electron chi connectivity index (χ1n) is 5.40. The maximum absolute atomic E-state index is 9.41. The van der Waals surface area contributed by atoms with Crippen LogP contribution in [0, 0.1) is 0 Å². The van der Waals surface area contributed by atoms with Crippen LogP contribution in [-0.4, -0.2) is 51.8 Å². The van der Waals surface area contributed by atoms with Crippen LogP contribution >= 0.6 is 0 Å². The van der Waals surface area contributed by atoms with Gasteiger partial charge in [0.25, 0.3) is 0 Å². The summed E-state index contributed by atoms with van der Waals surface area (Å²) in [5, 5.41) is 12.3. The Morgan fingerprint density at radius 3 is 2.94 bits per heavy atom. The lowest BCUT2D eigenvalue weighted by molar-refractivity contribution is 0.201. The summed E-state index contributed by atoms with van der Waals surface area (Å²) in [7, 11) is 3.63. The van der Waals surface area contributed by atoms with Gasteiger partial charge in [-0.15, -0.1) is 0 Å². The fraction of sp³-hybridized carbons (Fsp3) is 0.500. The van der Waals surface area contributed by atoms with Crippen molar-refractivity contribution in [1.82, 2.24) is 19.9 Å². The smallest absolute Gasteiger partial charge is 0.226 e. The number of rotatable bonds is 4. The molecule has 0 spiro atoms. The van der Waals surface area contributed by atoms with Gasteiger partial charge in [-0.05, 0) is 6.92 Å². The van der Waals surface area contributed by atoms with E-state index in [1.165, 1.54) is 0 Å². The standard InChI is InChI=1S/C10H16N6O/c1-6(17)4-16(3)9-7-8(13-5-12-7)14-10(11-2)15-9/h5-6,17H,4H2,1-3H3,(H2,11,12,13,14,15). The number of fused-ring (bicyclic) bond motifs is 1. The molecule has 1 unspecified atom stereocenters. The lowest BCUT2D eigenvalue weighted by Gasteiger charge is -2.20. The molecule has 0 radical (unpaired) electrons. The van der Waals surface area contributed by atoms with Crippen molar-refractivity contribution in [1.29, 1.82) is 0 Å². The van der Waals surface area contributed by atoms with Gasteiger partial charge in [0.05, 0.1) is 12.4 Å². The number of imidazole rings is 1. The molecule has 0 aliphatic rings. The Morgan fingerprint density at radius 1 is 1.53 bits per heavy atom. The number of hydrogen-bond donors (Lipinski definition) is 3. The summed E-state index contributed by atoms with van der Waals surface area (Å²) >= 11 is 0. The predicted molar refractivity (Wildman–Crippen MR) is 66.2 cm³/mol. The molecule has 7 heteroatoms. The fourth-order valence-corrected chi connectivity index (χ4v) is 1.69. The molecule has 0 saturated carbocycles. The summed E-state index contributed by atoms with van der Waals surface area (Å²) in [6, 6.07) is 0. The number of anilines is 2. The average Bonchev–Trinajstić information content (AvgIpc) is 2.74. The molecule has 2 rings (SSSR count). The van der Waals surface area contributed by atoms with E-state index in [0.717, 1.165) is 11.3 Å². The molecule has 2 aromatic heterocycles. The van der Waals surface area contributed by atoms with Crippen LogP contribution < -0.4 is 10.2 Å². The molecule has 0 bridgehead atoms. The molecule has 0 saturated heterocycles. The number of aromatic amines is 1. The number of hydrogen-bond acceptors (Lipinski definition) is 6. The van der Waals surface area contributed by atoms with Gasteiger partial charge in [-0.1, -0.05) is 0 Å². The third-order valence-corrected chi connectivity index (χ3v) is 2.39. The van der Waals surface area contributed by atoms with E-state index in [0.29, 0.717) is 18.1 Å². The van der Waals surface area contributed by atoms with Crippen molar-refractivity contribution in [3.05, 3.63) is 6.33 Å². The van der Waals surface area contributed by atoms with Gasteiger partial charge < -0.3 is 20.3 Å². The van der Waals surface area contributed by atoms with Crippen LogP contribution in [-0.2, 0) is 0 Å². The van der Waals surface area contributed by atoms with E-state index >= 15 is 0 Å². The minimum atomic E-state index is -0.425. The van der Waals surface area contributed by atoms with Crippen LogP contribution in [0.2, 0.25) is 0 Å². The van der Waals surface area contributed by atoms with E-state index in [1.807, 2.05) is 11.9 Å². The zero-order valence-electron chi connectivity index (χ0n) is 10.1. The summed E-state index contributed by atoms with van der Waals surface area (Å²) in [6.45, 7) is 2.23. The highest BCUT2D eigenvalue weighted by atomic mass is 16.3. The molecule has 92 valence electrons. The third kappa shape index (κ3) is 2.28. The molecule has 1 atom stereocenters. The molecular weight excluding hydrogens is 220 g/mol. The molecule has 0 amide bonds. The van der Waals surface area contributed by atoms with E-state index < -0.39 is 6.10 Å². The first-order valence-corrected chi connectivity index (χ1v) is 5.40. The van der Waals surface area contributed by atoms with Gasteiger partial charge in [0.2, 0.25) is 5.95 Å². The molecule has 0 fully saturated rings. The Labute approximate surface area is 98.9 Å². The largest absolute Gasteiger partial charge is 0.392 e. The minimum absolute atomic E-state index is 0.425. The van der Waals surface area contributed by atoms with Crippen molar-refractivity contribution < 1.29 is 5.11 Å². The highest BCUT2D eigenvalue weighted by Crippen LogP contribution is 2.21. The summed E-state index contributed by atoms with van der Waals surface area (Å²) < 4.78 is 0. The zero-order chi connectivity index (χ0) is 12.4. The van der Waals surface area contributed by atoms with Gasteiger partial charge in [0, 0.05) is 20.6 Å². The van der Waals surface area contributed by atoms with Crippen molar-refractivity contribution in [2.75, 3.05) is 30.9 Å². The maximum atomic E-state index is 9.41. The first kappa shape index (κ1) is 11.6. The topological polar surface area (TPSA) is 90.0 Å². The van der Waals surface area contributed by atoms with E-state index in [-0.39, 0.29) is 0 Å². The molecule has 0 aromatic carbocycles. The fourth-order valence-electron chi connectivity index (χ4n) is 1.69. The van der Waals surface area contributed by atoms with Crippen LogP contribution in [0.4, 0.5) is 11.8 Å². The molecule has 0 aliphatic carbocycles. The number of aliphatic hydroxyl groups excluding tert-OH is 1. The predicted octanol–water partition coefficient (Wildman–Crippen LogP) is 0.212. The van der Waals surface area contributed by atoms with E-state index in [2.05, 4.69) is 25.3 Å². The van der Waals surface area contributed by atoms with Crippen LogP contribution in [0.5, 0.6) is 0 Å². The molecule has 2 aromatic rings. The van der Waals surface area contributed by atoms with Gasteiger partial charge in [-0.2, -0.15) is 9.97 Å². The maximum Gasteiger partial charge on any atom is 0.226 e. The van der Waals surface area contributed by atoms with Crippen molar-refractivity contribution >= 4 is 22.9 Å². The number of H-pyrrole nitrogens is 1. The molecule has 2 heterocycles. The van der Waals surface area contributed by atoms with E-state index in [9.17, 15) is 5.11 Å². The van der Waals surface area contributed by atoms with Crippen LogP contribution in [0.1, 0.15) is 6.92 Å². The van der Waals surface area contributed by atoms with Gasteiger partial charge in [-0.25, -0.2) is 4.98 Å². The first-order chi connectivity index (χ1) is 8.11. The molecule has 3 N–H and O–H groups in total. The lowest BCUT2D eigenvalue weighted by Crippen LogP contribution is -2.28. The molecule has 0 aliphatic heterocycles. The number of nitrogens with zero attached hydrogens (tertiary/aromatic N) is 4. The van der Waals surface area contributed by atoms with E-state index in [4.69, 9.17) is 0 Å². The second-order valence-corrected chi connectivity index (χ2v) is 3.95. The Balaban J connectivity index is 2.46. The number of aliphatic hydroxyl groups is 1. The highest BCUT2D eigenvalue weighted by Gasteiger charge is 2.14. The Hall–Kier alpha value is -1.89. The van der Waals surface area contributed by atoms with Crippen LogP contribution in [0.15, 0.2) is 6.33 Å². The van der Waals surface area contributed by atoms with Crippen LogP contribution in [0.25, 0.3) is 11.2 Å². The number of aromatic nitrogens is 4. The van der Waals surface area contributed by atoms with Gasteiger partial charge in [0.1, 0.15) is 5.52 Å². The Morgan fingerprint density at radius 2 is 2.29 bits per heavy atom. The molecular formula is C10H16N6O. The van der Waals surface area contributed by atoms with Gasteiger partial charge >= 0.3 is 0 Å². The van der Waals surface area contributed by atoms with Gasteiger partial charge in [0.15, 0.2) is 11.5 Å². The van der Waals surface area contributed by atoms with Crippen molar-refractivity contribution in [3.8, 4) is 0 Å².